The topological polar surface area (TPSA) is 85.0 Å². The highest BCUT2D eigenvalue weighted by Crippen LogP contribution is 2.31. The number of ether oxygens (including phenoxy) is 2. The van der Waals surface area contributed by atoms with Gasteiger partial charge in [0, 0.05) is 0 Å². The van der Waals surface area contributed by atoms with Crippen LogP contribution in [-0.2, 0) is 19.5 Å². The summed E-state index contributed by atoms with van der Waals surface area (Å²) in [7, 11) is -5.70. The normalized spacial score (nSPS) is 22.9. The molecule has 1 fully saturated rings. The van der Waals surface area contributed by atoms with Crippen molar-refractivity contribution >= 4 is 16.1 Å². The first-order chi connectivity index (χ1) is 8.56. The fourth-order valence-corrected chi connectivity index (χ4v) is 1.62. The van der Waals surface area contributed by atoms with Crippen molar-refractivity contribution in [3.8, 4) is 0 Å². The molecule has 0 aromatic rings. The first kappa shape index (κ1) is 16.0. The number of hydrogen-bond donors (Lipinski definition) is 1. The predicted molar refractivity (Wildman–Crippen MR) is 57.7 cm³/mol. The zero-order chi connectivity index (χ0) is 14.7. The quantitative estimate of drug-likeness (QED) is 0.594. The Morgan fingerprint density at radius 2 is 2.00 bits per heavy atom. The highest BCUT2D eigenvalue weighted by Gasteiger charge is 2.47. The maximum atomic E-state index is 11.9. The summed E-state index contributed by atoms with van der Waals surface area (Å²) in [6.45, 7) is 2.42. The van der Waals surface area contributed by atoms with Gasteiger partial charge in [-0.2, -0.15) is 21.6 Å². The third-order valence-electron chi connectivity index (χ3n) is 2.49. The van der Waals surface area contributed by atoms with Gasteiger partial charge in [0.1, 0.15) is 0 Å². The number of sulfonamides is 1. The third-order valence-corrected chi connectivity index (χ3v) is 3.54. The molecule has 0 spiro atoms. The molecular formula is C9H14F3NO5S. The van der Waals surface area contributed by atoms with E-state index in [1.807, 2.05) is 6.92 Å². The second-order valence-electron chi connectivity index (χ2n) is 4.38. The van der Waals surface area contributed by atoms with Crippen LogP contribution in [0, 0.1) is 0 Å². The second kappa shape index (κ2) is 5.53. The minimum Gasteiger partial charge on any atom is -0.449 e. The molecule has 112 valence electrons. The van der Waals surface area contributed by atoms with Crippen LogP contribution < -0.4 is 4.72 Å². The molecule has 1 amide bonds. The number of halogens is 3. The zero-order valence-electron chi connectivity index (χ0n) is 10.1. The van der Waals surface area contributed by atoms with Gasteiger partial charge in [0.25, 0.3) is 0 Å². The van der Waals surface area contributed by atoms with Crippen LogP contribution in [0.25, 0.3) is 0 Å². The number of hydrogen-bond acceptors (Lipinski definition) is 5. The van der Waals surface area contributed by atoms with E-state index >= 15 is 0 Å². The summed E-state index contributed by atoms with van der Waals surface area (Å²) in [4.78, 5) is 10.8. The molecule has 1 aliphatic rings. The molecule has 1 saturated heterocycles. The lowest BCUT2D eigenvalue weighted by Crippen LogP contribution is -2.40. The van der Waals surface area contributed by atoms with Crippen molar-refractivity contribution in [3.05, 3.63) is 0 Å². The lowest BCUT2D eigenvalue weighted by molar-refractivity contribution is -0.0447. The summed E-state index contributed by atoms with van der Waals surface area (Å²) in [5.74, 6) is 0. The lowest BCUT2D eigenvalue weighted by atomic mass is 10.1. The van der Waals surface area contributed by atoms with Crippen LogP contribution in [0.15, 0.2) is 0 Å². The van der Waals surface area contributed by atoms with Crippen molar-refractivity contribution < 1.29 is 35.9 Å². The minimum atomic E-state index is -5.70. The Labute approximate surface area is 108 Å². The van der Waals surface area contributed by atoms with Crippen LogP contribution in [0.5, 0.6) is 0 Å². The van der Waals surface area contributed by atoms with E-state index in [-0.39, 0.29) is 12.2 Å². The van der Waals surface area contributed by atoms with Crippen molar-refractivity contribution in [2.24, 2.45) is 0 Å². The van der Waals surface area contributed by atoms with E-state index in [0.717, 1.165) is 11.1 Å². The third kappa shape index (κ3) is 5.23. The van der Waals surface area contributed by atoms with Crippen molar-refractivity contribution in [2.75, 3.05) is 13.2 Å². The van der Waals surface area contributed by atoms with Gasteiger partial charge in [0.05, 0.1) is 18.8 Å². The first-order valence-electron chi connectivity index (χ1n) is 5.46. The number of amides is 1. The highest BCUT2D eigenvalue weighted by molar-refractivity contribution is 7.90. The summed E-state index contributed by atoms with van der Waals surface area (Å²) in [5, 5.41) is 0. The van der Waals surface area contributed by atoms with Crippen LogP contribution in [0.3, 0.4) is 0 Å². The van der Waals surface area contributed by atoms with Gasteiger partial charge in [-0.05, 0) is 26.2 Å². The summed E-state index contributed by atoms with van der Waals surface area (Å²) >= 11 is 0. The highest BCUT2D eigenvalue weighted by atomic mass is 32.2. The van der Waals surface area contributed by atoms with Crippen LogP contribution >= 0.6 is 0 Å². The Kier molecular flexibility index (Phi) is 4.67. The van der Waals surface area contributed by atoms with Crippen LogP contribution in [0.2, 0.25) is 0 Å². The Morgan fingerprint density at radius 3 is 2.47 bits per heavy atom. The molecular weight excluding hydrogens is 291 g/mol. The smallest absolute Gasteiger partial charge is 0.449 e. The molecule has 19 heavy (non-hydrogen) atoms. The molecule has 0 saturated carbocycles. The summed E-state index contributed by atoms with van der Waals surface area (Å²) in [6, 6.07) is 0. The van der Waals surface area contributed by atoms with Crippen molar-refractivity contribution in [3.63, 3.8) is 0 Å². The van der Waals surface area contributed by atoms with E-state index in [9.17, 15) is 26.4 Å². The number of epoxide rings is 1. The molecule has 0 aromatic carbocycles. The average Bonchev–Trinajstić information content (AvgIpc) is 2.93. The molecule has 1 rings (SSSR count). The second-order valence-corrected chi connectivity index (χ2v) is 6.06. The summed E-state index contributed by atoms with van der Waals surface area (Å²) in [6.07, 6.45) is 0.193. The van der Waals surface area contributed by atoms with E-state index < -0.39 is 21.6 Å². The van der Waals surface area contributed by atoms with Gasteiger partial charge in [0.15, 0.2) is 0 Å². The number of carbonyl (C=O) groups excluding carboxylic acids is 1. The van der Waals surface area contributed by atoms with E-state index in [1.165, 1.54) is 0 Å². The SMILES string of the molecule is CC1(CCCCOC(=O)NS(=O)(=O)C(F)(F)F)CO1. The van der Waals surface area contributed by atoms with E-state index in [4.69, 9.17) is 4.74 Å². The molecule has 6 nitrogen and oxygen atoms in total. The maximum absolute atomic E-state index is 11.9. The Bertz CT molecular complexity index is 430. The number of carbonyl (C=O) groups is 1. The predicted octanol–water partition coefficient (Wildman–Crippen LogP) is 1.52. The van der Waals surface area contributed by atoms with Crippen LogP contribution in [0.4, 0.5) is 18.0 Å². The van der Waals surface area contributed by atoms with E-state index in [1.54, 1.807) is 0 Å². The van der Waals surface area contributed by atoms with Crippen molar-refractivity contribution in [2.45, 2.75) is 37.3 Å². The molecule has 0 aliphatic carbocycles. The van der Waals surface area contributed by atoms with Gasteiger partial charge < -0.3 is 9.47 Å². The average molecular weight is 305 g/mol. The summed E-state index contributed by atoms with van der Waals surface area (Å²) < 4.78 is 67.0. The number of unbranched alkanes of at least 4 members (excludes halogenated alkanes) is 1. The molecule has 0 aromatic heterocycles. The van der Waals surface area contributed by atoms with Crippen LogP contribution in [-0.4, -0.2) is 38.8 Å². The van der Waals surface area contributed by atoms with Crippen LogP contribution in [0.1, 0.15) is 26.2 Å². The number of alkyl halides is 3. The van der Waals surface area contributed by atoms with Gasteiger partial charge in [0.2, 0.25) is 0 Å². The molecule has 1 N–H and O–H groups in total. The van der Waals surface area contributed by atoms with Gasteiger partial charge in [-0.1, -0.05) is 0 Å². The first-order valence-corrected chi connectivity index (χ1v) is 6.94. The van der Waals surface area contributed by atoms with E-state index in [2.05, 4.69) is 4.74 Å². The molecule has 1 atom stereocenters. The minimum absolute atomic E-state index is 0.137. The molecule has 1 unspecified atom stereocenters. The molecule has 1 aliphatic heterocycles. The molecule has 0 radical (unpaired) electrons. The lowest BCUT2D eigenvalue weighted by Gasteiger charge is -2.10. The van der Waals surface area contributed by atoms with Gasteiger partial charge in [-0.3, -0.25) is 0 Å². The molecule has 10 heteroatoms. The van der Waals surface area contributed by atoms with Gasteiger partial charge >= 0.3 is 21.6 Å². The maximum Gasteiger partial charge on any atom is 0.516 e. The monoisotopic (exact) mass is 305 g/mol. The van der Waals surface area contributed by atoms with Crippen molar-refractivity contribution in [1.29, 1.82) is 0 Å². The molecule has 1 heterocycles. The number of nitrogens with one attached hydrogen (secondary N) is 1. The van der Waals surface area contributed by atoms with E-state index in [0.29, 0.717) is 19.4 Å². The van der Waals surface area contributed by atoms with Crippen molar-refractivity contribution in [1.82, 2.24) is 4.72 Å². The Morgan fingerprint density at radius 1 is 1.42 bits per heavy atom. The fourth-order valence-electron chi connectivity index (χ4n) is 1.23. The van der Waals surface area contributed by atoms with Gasteiger partial charge in [-0.15, -0.1) is 0 Å². The Hall–Kier alpha value is -1.03. The summed E-state index contributed by atoms with van der Waals surface area (Å²) in [5.41, 5.74) is -5.67. The Balaban J connectivity index is 2.17. The number of rotatable bonds is 6. The largest absolute Gasteiger partial charge is 0.516 e. The van der Waals surface area contributed by atoms with Gasteiger partial charge in [-0.25, -0.2) is 9.52 Å². The standard InChI is InChI=1S/C9H14F3NO5S/c1-8(6-18-8)4-2-3-5-17-7(14)13-19(15,16)9(10,11)12/h2-6H2,1H3,(H,13,14). The fraction of sp³-hybridized carbons (Fsp3) is 0.889. The molecule has 0 bridgehead atoms. The zero-order valence-corrected chi connectivity index (χ0v) is 10.9.